The van der Waals surface area contributed by atoms with Crippen molar-refractivity contribution in [1.29, 1.82) is 0 Å². The number of rotatable bonds is 2. The maximum Gasteiger partial charge on any atom is 0.193 e. The predicted octanol–water partition coefficient (Wildman–Crippen LogP) is 4.61. The van der Waals surface area contributed by atoms with Crippen LogP contribution in [0.2, 0.25) is 0 Å². The Balaban J connectivity index is 1.70. The zero-order valence-electron chi connectivity index (χ0n) is 12.0. The van der Waals surface area contributed by atoms with Crippen molar-refractivity contribution in [2.24, 2.45) is 0 Å². The fraction of sp³-hybridized carbons (Fsp3) is 0.0500. The summed E-state index contributed by atoms with van der Waals surface area (Å²) in [6.07, 6.45) is 0.793. The molecule has 1 heterocycles. The van der Waals surface area contributed by atoms with Gasteiger partial charge in [0.2, 0.25) is 0 Å². The van der Waals surface area contributed by atoms with Crippen LogP contribution in [-0.2, 0) is 6.42 Å². The fourth-order valence-corrected chi connectivity index (χ4v) is 2.79. The number of benzene rings is 3. The lowest BCUT2D eigenvalue weighted by atomic mass is 9.95. The zero-order chi connectivity index (χ0) is 14.9. The van der Waals surface area contributed by atoms with E-state index < -0.39 is 0 Å². The number of carbonyl (C=O) groups is 1. The molecule has 0 saturated heterocycles. The van der Waals surface area contributed by atoms with Gasteiger partial charge in [0.05, 0.1) is 0 Å². The summed E-state index contributed by atoms with van der Waals surface area (Å²) in [6, 6.07) is 23.0. The number of ether oxygens (including phenoxy) is 1. The minimum atomic E-state index is 0.0438. The normalized spacial score (nSPS) is 12.0. The van der Waals surface area contributed by atoms with E-state index in [1.54, 1.807) is 0 Å². The van der Waals surface area contributed by atoms with Crippen LogP contribution in [0.4, 0.5) is 0 Å². The van der Waals surface area contributed by atoms with E-state index in [2.05, 4.69) is 6.07 Å². The standard InChI is InChI=1S/C20H14O2/c21-20(14-6-2-1-3-7-14)16-10-11-19-17(13-16)12-15-8-4-5-9-18(15)22-19/h1-11,13H,12H2. The third-order valence-corrected chi connectivity index (χ3v) is 3.93. The number of ketones is 1. The van der Waals surface area contributed by atoms with Gasteiger partial charge >= 0.3 is 0 Å². The van der Waals surface area contributed by atoms with Gasteiger partial charge in [-0.05, 0) is 29.8 Å². The van der Waals surface area contributed by atoms with Crippen molar-refractivity contribution < 1.29 is 9.53 Å². The Bertz CT molecular complexity index is 851. The molecule has 2 nitrogen and oxygen atoms in total. The molecule has 0 unspecified atom stereocenters. The molecule has 4 rings (SSSR count). The van der Waals surface area contributed by atoms with Crippen molar-refractivity contribution in [3.05, 3.63) is 95.1 Å². The highest BCUT2D eigenvalue weighted by Crippen LogP contribution is 2.36. The van der Waals surface area contributed by atoms with Gasteiger partial charge in [0, 0.05) is 23.1 Å². The van der Waals surface area contributed by atoms with E-state index in [0.717, 1.165) is 29.0 Å². The van der Waals surface area contributed by atoms with E-state index in [1.165, 1.54) is 0 Å². The Hall–Kier alpha value is -2.87. The van der Waals surface area contributed by atoms with Crippen LogP contribution in [0, 0.1) is 0 Å². The van der Waals surface area contributed by atoms with Gasteiger partial charge in [-0.3, -0.25) is 4.79 Å². The SMILES string of the molecule is O=C(c1ccccc1)c1ccc2c(c1)Cc1ccccc1O2. The smallest absolute Gasteiger partial charge is 0.193 e. The first-order valence-electron chi connectivity index (χ1n) is 7.30. The van der Waals surface area contributed by atoms with Crippen molar-refractivity contribution in [2.45, 2.75) is 6.42 Å². The van der Waals surface area contributed by atoms with E-state index in [4.69, 9.17) is 4.74 Å². The topological polar surface area (TPSA) is 26.3 Å². The second-order valence-corrected chi connectivity index (χ2v) is 5.40. The highest BCUT2D eigenvalue weighted by Gasteiger charge is 2.18. The fourth-order valence-electron chi connectivity index (χ4n) is 2.79. The first kappa shape index (κ1) is 12.8. The van der Waals surface area contributed by atoms with Crippen LogP contribution in [0.1, 0.15) is 27.0 Å². The molecule has 22 heavy (non-hydrogen) atoms. The Morgan fingerprint density at radius 3 is 2.32 bits per heavy atom. The minimum absolute atomic E-state index is 0.0438. The summed E-state index contributed by atoms with van der Waals surface area (Å²) in [5.41, 5.74) is 3.62. The number of carbonyl (C=O) groups excluding carboxylic acids is 1. The Morgan fingerprint density at radius 1 is 0.727 bits per heavy atom. The zero-order valence-corrected chi connectivity index (χ0v) is 12.0. The molecule has 0 N–H and O–H groups in total. The summed E-state index contributed by atoms with van der Waals surface area (Å²) < 4.78 is 5.91. The summed E-state index contributed by atoms with van der Waals surface area (Å²) >= 11 is 0. The molecule has 0 amide bonds. The van der Waals surface area contributed by atoms with Crippen LogP contribution in [0.3, 0.4) is 0 Å². The van der Waals surface area contributed by atoms with E-state index >= 15 is 0 Å². The third-order valence-electron chi connectivity index (χ3n) is 3.93. The molecule has 3 aromatic rings. The van der Waals surface area contributed by atoms with Crippen molar-refractivity contribution in [3.8, 4) is 11.5 Å². The van der Waals surface area contributed by atoms with Crippen molar-refractivity contribution >= 4 is 5.78 Å². The number of hydrogen-bond donors (Lipinski definition) is 0. The van der Waals surface area contributed by atoms with Crippen molar-refractivity contribution in [2.75, 3.05) is 0 Å². The Morgan fingerprint density at radius 2 is 1.45 bits per heavy atom. The Labute approximate surface area is 129 Å². The van der Waals surface area contributed by atoms with E-state index in [-0.39, 0.29) is 5.78 Å². The van der Waals surface area contributed by atoms with E-state index in [0.29, 0.717) is 11.1 Å². The molecule has 0 radical (unpaired) electrons. The molecule has 0 spiro atoms. The van der Waals surface area contributed by atoms with Crippen molar-refractivity contribution in [1.82, 2.24) is 0 Å². The molecule has 0 fully saturated rings. The van der Waals surface area contributed by atoms with Crippen LogP contribution in [0.25, 0.3) is 0 Å². The second kappa shape index (κ2) is 5.15. The molecule has 106 valence electrons. The highest BCUT2D eigenvalue weighted by molar-refractivity contribution is 6.09. The molecule has 0 aromatic heterocycles. The molecule has 1 aliphatic rings. The van der Waals surface area contributed by atoms with Crippen LogP contribution in [-0.4, -0.2) is 5.78 Å². The Kier molecular flexibility index (Phi) is 3.01. The average molecular weight is 286 g/mol. The molecular weight excluding hydrogens is 272 g/mol. The minimum Gasteiger partial charge on any atom is -0.457 e. The van der Waals surface area contributed by atoms with Gasteiger partial charge in [0.25, 0.3) is 0 Å². The lowest BCUT2D eigenvalue weighted by Gasteiger charge is -2.20. The van der Waals surface area contributed by atoms with Gasteiger partial charge in [-0.2, -0.15) is 0 Å². The number of fused-ring (bicyclic) bond motifs is 2. The van der Waals surface area contributed by atoms with Crippen LogP contribution >= 0.6 is 0 Å². The summed E-state index contributed by atoms with van der Waals surface area (Å²) in [5.74, 6) is 1.78. The van der Waals surface area contributed by atoms with Gasteiger partial charge in [-0.25, -0.2) is 0 Å². The second-order valence-electron chi connectivity index (χ2n) is 5.40. The van der Waals surface area contributed by atoms with Crippen LogP contribution in [0.5, 0.6) is 11.5 Å². The summed E-state index contributed by atoms with van der Waals surface area (Å²) in [4.78, 5) is 12.5. The maximum absolute atomic E-state index is 12.5. The maximum atomic E-state index is 12.5. The van der Waals surface area contributed by atoms with Crippen LogP contribution < -0.4 is 4.74 Å². The number of hydrogen-bond acceptors (Lipinski definition) is 2. The van der Waals surface area contributed by atoms with Crippen LogP contribution in [0.15, 0.2) is 72.8 Å². The first-order chi connectivity index (χ1) is 10.8. The summed E-state index contributed by atoms with van der Waals surface area (Å²) in [7, 11) is 0. The highest BCUT2D eigenvalue weighted by atomic mass is 16.5. The average Bonchev–Trinajstić information content (AvgIpc) is 2.59. The van der Waals surface area contributed by atoms with E-state index in [1.807, 2.05) is 66.7 Å². The molecule has 1 aliphatic heterocycles. The molecule has 0 aliphatic carbocycles. The largest absolute Gasteiger partial charge is 0.457 e. The van der Waals surface area contributed by atoms with Gasteiger partial charge in [0.15, 0.2) is 5.78 Å². The van der Waals surface area contributed by atoms with Gasteiger partial charge in [0.1, 0.15) is 11.5 Å². The summed E-state index contributed by atoms with van der Waals surface area (Å²) in [6.45, 7) is 0. The molecule has 0 bridgehead atoms. The third kappa shape index (κ3) is 2.19. The van der Waals surface area contributed by atoms with Gasteiger partial charge in [-0.15, -0.1) is 0 Å². The molecule has 0 saturated carbocycles. The monoisotopic (exact) mass is 286 g/mol. The molecule has 3 aromatic carbocycles. The van der Waals surface area contributed by atoms with Gasteiger partial charge < -0.3 is 4.74 Å². The molecule has 0 atom stereocenters. The van der Waals surface area contributed by atoms with Crippen molar-refractivity contribution in [3.63, 3.8) is 0 Å². The predicted molar refractivity (Wildman–Crippen MR) is 85.6 cm³/mol. The number of para-hydroxylation sites is 1. The van der Waals surface area contributed by atoms with Gasteiger partial charge in [-0.1, -0.05) is 48.5 Å². The first-order valence-corrected chi connectivity index (χ1v) is 7.30. The quantitative estimate of drug-likeness (QED) is 0.503. The lowest BCUT2D eigenvalue weighted by Crippen LogP contribution is -2.06. The molecular formula is C20H14O2. The lowest BCUT2D eigenvalue weighted by molar-refractivity contribution is 0.103. The van der Waals surface area contributed by atoms with E-state index in [9.17, 15) is 4.79 Å². The summed E-state index contributed by atoms with van der Waals surface area (Å²) in [5, 5.41) is 0. The molecule has 2 heteroatoms.